The Hall–Kier alpha value is -1.29. The van der Waals surface area contributed by atoms with Crippen molar-refractivity contribution in [1.29, 1.82) is 0 Å². The molecule has 2 atom stereocenters. The standard InChI is InChI=1S/C28H53N2O8P/c1-2-3-4-5-6-7-8-9-10-11-12-13-14-15-16-20-36-21-17-22-38-39(34,35)25-37-26(24-31)23-30-19-18-27(32)29-28(30)33/h18-19,26,31H,2-17,20-25H2,1H3,(H,34,35)(H,29,32,33). The largest absolute Gasteiger partial charge is 0.394 e. The molecule has 0 saturated heterocycles. The maximum absolute atomic E-state index is 12.2. The van der Waals surface area contributed by atoms with Crippen molar-refractivity contribution >= 4 is 7.60 Å². The fourth-order valence-electron chi connectivity index (χ4n) is 4.25. The number of ether oxygens (including phenoxy) is 2. The van der Waals surface area contributed by atoms with E-state index in [2.05, 4.69) is 11.9 Å². The Bertz CT molecular complexity index is 876. The number of nitrogens with one attached hydrogen (secondary N) is 1. The van der Waals surface area contributed by atoms with Gasteiger partial charge in [0, 0.05) is 25.5 Å². The van der Waals surface area contributed by atoms with E-state index in [1.165, 1.54) is 89.7 Å². The highest BCUT2D eigenvalue weighted by Crippen LogP contribution is 2.42. The summed E-state index contributed by atoms with van der Waals surface area (Å²) >= 11 is 0. The molecular weight excluding hydrogens is 523 g/mol. The second-order valence-corrected chi connectivity index (χ2v) is 12.0. The number of aromatic amines is 1. The van der Waals surface area contributed by atoms with Crippen molar-refractivity contribution in [2.75, 3.05) is 32.8 Å². The molecule has 228 valence electrons. The minimum Gasteiger partial charge on any atom is -0.394 e. The van der Waals surface area contributed by atoms with Crippen LogP contribution in [0.3, 0.4) is 0 Å². The van der Waals surface area contributed by atoms with Crippen LogP contribution in [0.2, 0.25) is 0 Å². The lowest BCUT2D eigenvalue weighted by Gasteiger charge is -2.19. The summed E-state index contributed by atoms with van der Waals surface area (Å²) in [4.78, 5) is 34.9. The first-order valence-electron chi connectivity index (χ1n) is 14.9. The number of hydrogen-bond acceptors (Lipinski definition) is 7. The summed E-state index contributed by atoms with van der Waals surface area (Å²) in [6.07, 6.45) is 20.1. The van der Waals surface area contributed by atoms with Gasteiger partial charge in [0.2, 0.25) is 0 Å². The number of aliphatic hydroxyl groups excluding tert-OH is 1. The van der Waals surface area contributed by atoms with Crippen LogP contribution in [-0.2, 0) is 25.1 Å². The van der Waals surface area contributed by atoms with Gasteiger partial charge in [-0.3, -0.25) is 18.9 Å². The van der Waals surface area contributed by atoms with Gasteiger partial charge < -0.3 is 24.0 Å². The lowest BCUT2D eigenvalue weighted by atomic mass is 10.0. The van der Waals surface area contributed by atoms with Crippen molar-refractivity contribution in [2.24, 2.45) is 0 Å². The van der Waals surface area contributed by atoms with Crippen molar-refractivity contribution in [2.45, 2.75) is 122 Å². The van der Waals surface area contributed by atoms with E-state index in [9.17, 15) is 24.2 Å². The van der Waals surface area contributed by atoms with E-state index in [0.29, 0.717) is 19.6 Å². The van der Waals surface area contributed by atoms with Crippen molar-refractivity contribution in [3.05, 3.63) is 33.1 Å². The predicted octanol–water partition coefficient (Wildman–Crippen LogP) is 5.35. The molecule has 0 aromatic carbocycles. The zero-order valence-electron chi connectivity index (χ0n) is 24.0. The number of rotatable bonds is 27. The Kier molecular flexibility index (Phi) is 21.5. The molecule has 0 aliphatic carbocycles. The van der Waals surface area contributed by atoms with Gasteiger partial charge in [0.05, 0.1) is 25.9 Å². The first-order chi connectivity index (χ1) is 18.9. The first kappa shape index (κ1) is 35.7. The summed E-state index contributed by atoms with van der Waals surface area (Å²) < 4.78 is 29.2. The number of unbranched alkanes of at least 4 members (excludes halogenated alkanes) is 14. The summed E-state index contributed by atoms with van der Waals surface area (Å²) in [6.45, 7) is 2.89. The molecule has 39 heavy (non-hydrogen) atoms. The number of nitrogens with zero attached hydrogens (tertiary/aromatic N) is 1. The molecule has 0 amide bonds. The monoisotopic (exact) mass is 576 g/mol. The van der Waals surface area contributed by atoms with Crippen LogP contribution in [0.4, 0.5) is 0 Å². The van der Waals surface area contributed by atoms with Gasteiger partial charge in [0.25, 0.3) is 5.56 Å². The van der Waals surface area contributed by atoms with E-state index in [0.717, 1.165) is 23.5 Å². The van der Waals surface area contributed by atoms with Gasteiger partial charge in [-0.15, -0.1) is 0 Å². The highest BCUT2D eigenvalue weighted by molar-refractivity contribution is 7.52. The molecule has 0 aliphatic rings. The lowest BCUT2D eigenvalue weighted by Crippen LogP contribution is -2.34. The molecule has 0 spiro atoms. The van der Waals surface area contributed by atoms with Gasteiger partial charge in [-0.1, -0.05) is 96.8 Å². The normalized spacial score (nSPS) is 13.9. The van der Waals surface area contributed by atoms with Crippen LogP contribution in [0.15, 0.2) is 21.9 Å². The summed E-state index contributed by atoms with van der Waals surface area (Å²) in [5.74, 6) is 0. The molecule has 3 N–H and O–H groups in total. The predicted molar refractivity (Wildman–Crippen MR) is 154 cm³/mol. The maximum atomic E-state index is 12.2. The van der Waals surface area contributed by atoms with Crippen LogP contribution >= 0.6 is 7.60 Å². The zero-order chi connectivity index (χ0) is 28.6. The fraction of sp³-hybridized carbons (Fsp3) is 0.857. The minimum absolute atomic E-state index is 0.0547. The summed E-state index contributed by atoms with van der Waals surface area (Å²) in [5.41, 5.74) is -1.19. The summed E-state index contributed by atoms with van der Waals surface area (Å²) in [7, 11) is -4.01. The molecule has 1 aromatic rings. The second-order valence-electron chi connectivity index (χ2n) is 10.2. The SMILES string of the molecule is CCCCCCCCCCCCCCCCCOCCCOP(=O)(O)COC(CO)Cn1ccc(=O)[nH]c1=O. The highest BCUT2D eigenvalue weighted by atomic mass is 31.2. The number of H-pyrrole nitrogens is 1. The summed E-state index contributed by atoms with van der Waals surface area (Å²) in [6, 6.07) is 1.16. The van der Waals surface area contributed by atoms with E-state index in [4.69, 9.17) is 14.0 Å². The minimum atomic E-state index is -4.01. The van der Waals surface area contributed by atoms with Crippen LogP contribution in [0.25, 0.3) is 0 Å². The summed E-state index contributed by atoms with van der Waals surface area (Å²) in [5, 5.41) is 9.44. The molecule has 10 nitrogen and oxygen atoms in total. The van der Waals surface area contributed by atoms with E-state index < -0.39 is 37.9 Å². The smallest absolute Gasteiger partial charge is 0.353 e. The van der Waals surface area contributed by atoms with Crippen molar-refractivity contribution < 1.29 is 28.6 Å². The molecule has 0 bridgehead atoms. The average molecular weight is 577 g/mol. The van der Waals surface area contributed by atoms with Gasteiger partial charge in [0.1, 0.15) is 6.35 Å². The van der Waals surface area contributed by atoms with Gasteiger partial charge in [0.15, 0.2) is 0 Å². The molecule has 0 aliphatic heterocycles. The second kappa shape index (κ2) is 23.4. The third-order valence-corrected chi connectivity index (χ3v) is 7.65. The average Bonchev–Trinajstić information content (AvgIpc) is 2.91. The van der Waals surface area contributed by atoms with E-state index in [1.54, 1.807) is 0 Å². The topological polar surface area (TPSA) is 140 Å². The van der Waals surface area contributed by atoms with Crippen molar-refractivity contribution in [3.8, 4) is 0 Å². The van der Waals surface area contributed by atoms with Crippen molar-refractivity contribution in [3.63, 3.8) is 0 Å². The van der Waals surface area contributed by atoms with Gasteiger partial charge >= 0.3 is 13.3 Å². The molecule has 0 radical (unpaired) electrons. The van der Waals surface area contributed by atoms with Crippen LogP contribution in [0, 0.1) is 0 Å². The van der Waals surface area contributed by atoms with E-state index >= 15 is 0 Å². The quantitative estimate of drug-likeness (QED) is 0.0940. The van der Waals surface area contributed by atoms with Crippen LogP contribution in [0.1, 0.15) is 110 Å². The molecular formula is C28H53N2O8P. The van der Waals surface area contributed by atoms with Crippen LogP contribution in [-0.4, -0.2) is 58.4 Å². The Balaban J connectivity index is 1.93. The maximum Gasteiger partial charge on any atom is 0.353 e. The fourth-order valence-corrected chi connectivity index (χ4v) is 5.14. The number of aliphatic hydroxyl groups is 1. The zero-order valence-corrected chi connectivity index (χ0v) is 24.9. The van der Waals surface area contributed by atoms with Crippen LogP contribution in [0.5, 0.6) is 0 Å². The van der Waals surface area contributed by atoms with Crippen molar-refractivity contribution in [1.82, 2.24) is 9.55 Å². The van der Waals surface area contributed by atoms with Gasteiger partial charge in [-0.25, -0.2) is 4.79 Å². The van der Waals surface area contributed by atoms with E-state index in [-0.39, 0.29) is 13.2 Å². The Morgan fingerprint density at radius 2 is 1.38 bits per heavy atom. The Morgan fingerprint density at radius 3 is 1.92 bits per heavy atom. The van der Waals surface area contributed by atoms with Gasteiger partial charge in [-0.05, 0) is 12.8 Å². The molecule has 2 unspecified atom stereocenters. The Labute approximate surface area is 234 Å². The number of hydrogen-bond donors (Lipinski definition) is 3. The van der Waals surface area contributed by atoms with Crippen LogP contribution < -0.4 is 11.2 Å². The first-order valence-corrected chi connectivity index (χ1v) is 16.7. The van der Waals surface area contributed by atoms with Gasteiger partial charge in [-0.2, -0.15) is 0 Å². The molecule has 1 rings (SSSR count). The molecule has 0 fully saturated rings. The molecule has 1 heterocycles. The highest BCUT2D eigenvalue weighted by Gasteiger charge is 2.22. The number of aromatic nitrogens is 2. The lowest BCUT2D eigenvalue weighted by molar-refractivity contribution is 0.0162. The Morgan fingerprint density at radius 1 is 0.846 bits per heavy atom. The van der Waals surface area contributed by atoms with E-state index in [1.807, 2.05) is 0 Å². The molecule has 1 aromatic heterocycles. The molecule has 0 saturated carbocycles. The molecule has 11 heteroatoms. The third-order valence-electron chi connectivity index (χ3n) is 6.59. The third kappa shape index (κ3) is 20.3.